The van der Waals surface area contributed by atoms with Gasteiger partial charge in [-0.25, -0.2) is 0 Å². The Morgan fingerprint density at radius 1 is 0.367 bits per heavy atom. The van der Waals surface area contributed by atoms with E-state index in [4.69, 9.17) is 4.42 Å². The van der Waals surface area contributed by atoms with Crippen molar-refractivity contribution in [1.82, 2.24) is 0 Å². The number of anilines is 3. The zero-order chi connectivity index (χ0) is 32.3. The molecule has 2 aromatic heterocycles. The molecule has 0 N–H and O–H groups in total. The summed E-state index contributed by atoms with van der Waals surface area (Å²) >= 11 is 1.86. The van der Waals surface area contributed by atoms with Crippen molar-refractivity contribution in [3.05, 3.63) is 176 Å². The van der Waals surface area contributed by atoms with Crippen LogP contribution in [0.5, 0.6) is 0 Å². The highest BCUT2D eigenvalue weighted by Gasteiger charge is 2.17. The molecule has 0 bridgehead atoms. The number of thiophene rings is 1. The van der Waals surface area contributed by atoms with Gasteiger partial charge in [-0.1, -0.05) is 115 Å². The fraction of sp³-hybridized carbons (Fsp3) is 0. The molecule has 0 fully saturated rings. The van der Waals surface area contributed by atoms with E-state index in [2.05, 4.69) is 169 Å². The third kappa shape index (κ3) is 4.70. The van der Waals surface area contributed by atoms with Crippen LogP contribution in [0.15, 0.2) is 180 Å². The van der Waals surface area contributed by atoms with E-state index in [9.17, 15) is 0 Å². The molecule has 10 aromatic rings. The highest BCUT2D eigenvalue weighted by atomic mass is 32.1. The minimum Gasteiger partial charge on any atom is -0.456 e. The molecule has 0 atom stereocenters. The Morgan fingerprint density at radius 2 is 1.00 bits per heavy atom. The third-order valence-corrected chi connectivity index (χ3v) is 10.8. The Labute approximate surface area is 287 Å². The Kier molecular flexibility index (Phi) is 6.39. The molecule has 0 spiro atoms. The monoisotopic (exact) mass is 643 g/mol. The Morgan fingerprint density at radius 3 is 1.92 bits per heavy atom. The summed E-state index contributed by atoms with van der Waals surface area (Å²) in [5, 5.41) is 7.39. The lowest BCUT2D eigenvalue weighted by Gasteiger charge is -2.26. The van der Waals surface area contributed by atoms with Crippen LogP contribution in [0.25, 0.3) is 75.1 Å². The maximum Gasteiger partial charge on any atom is 0.137 e. The first-order valence-electron chi connectivity index (χ1n) is 16.6. The molecular weight excluding hydrogens is 615 g/mol. The summed E-state index contributed by atoms with van der Waals surface area (Å²) in [7, 11) is 0. The number of benzene rings is 8. The molecule has 0 radical (unpaired) electrons. The van der Waals surface area contributed by atoms with Crippen LogP contribution in [0.3, 0.4) is 0 Å². The molecule has 10 rings (SSSR count). The molecule has 0 aliphatic rings. The Hall–Kier alpha value is -6.16. The standard InChI is InChI=1S/C46H29NOS/c1-2-13-37-30(9-1)10-8-16-38(37)31-19-22-34(23-20-31)47(36-24-26-40-39-14-3-5-17-43(39)48-44(40)29-36)35-12-7-11-32(27-35)33-21-25-42-41-15-4-6-18-45(41)49-46(42)28-33/h1-29H. The van der Waals surface area contributed by atoms with E-state index in [0.29, 0.717) is 0 Å². The van der Waals surface area contributed by atoms with Crippen molar-refractivity contribution < 1.29 is 4.42 Å². The summed E-state index contributed by atoms with van der Waals surface area (Å²) < 4.78 is 8.99. The van der Waals surface area contributed by atoms with Crippen LogP contribution in [-0.2, 0) is 0 Å². The molecule has 8 aromatic carbocycles. The molecule has 2 heterocycles. The summed E-state index contributed by atoms with van der Waals surface area (Å²) in [6.45, 7) is 0. The highest BCUT2D eigenvalue weighted by molar-refractivity contribution is 7.25. The average molecular weight is 644 g/mol. The third-order valence-electron chi connectivity index (χ3n) is 9.66. The number of furan rings is 1. The molecule has 0 aliphatic carbocycles. The first kappa shape index (κ1) is 27.9. The van der Waals surface area contributed by atoms with Crippen molar-refractivity contribution >= 4 is 81.3 Å². The Balaban J connectivity index is 1.11. The van der Waals surface area contributed by atoms with Crippen molar-refractivity contribution in [2.45, 2.75) is 0 Å². The van der Waals surface area contributed by atoms with E-state index in [1.807, 2.05) is 23.5 Å². The van der Waals surface area contributed by atoms with Gasteiger partial charge in [-0.2, -0.15) is 0 Å². The zero-order valence-electron chi connectivity index (χ0n) is 26.5. The smallest absolute Gasteiger partial charge is 0.137 e. The van der Waals surface area contributed by atoms with Gasteiger partial charge in [0, 0.05) is 54.1 Å². The lowest BCUT2D eigenvalue weighted by atomic mass is 9.98. The molecular formula is C46H29NOS. The minimum absolute atomic E-state index is 0.877. The lowest BCUT2D eigenvalue weighted by molar-refractivity contribution is 0.669. The largest absolute Gasteiger partial charge is 0.456 e. The predicted octanol–water partition coefficient (Wildman–Crippen LogP) is 13.9. The molecule has 2 nitrogen and oxygen atoms in total. The molecule has 49 heavy (non-hydrogen) atoms. The SMILES string of the molecule is c1cc(-c2ccc3c(c2)sc2ccccc23)cc(N(c2ccc(-c3cccc4ccccc34)cc2)c2ccc3c(c2)oc2ccccc23)c1. The molecule has 0 saturated carbocycles. The van der Waals surface area contributed by atoms with E-state index in [0.717, 1.165) is 39.0 Å². The van der Waals surface area contributed by atoms with Gasteiger partial charge < -0.3 is 9.32 Å². The molecule has 230 valence electrons. The molecule has 0 aliphatic heterocycles. The lowest BCUT2D eigenvalue weighted by Crippen LogP contribution is -2.10. The van der Waals surface area contributed by atoms with E-state index in [1.54, 1.807) is 0 Å². The van der Waals surface area contributed by atoms with Gasteiger partial charge in [0.1, 0.15) is 11.2 Å². The van der Waals surface area contributed by atoms with Crippen molar-refractivity contribution in [2.24, 2.45) is 0 Å². The van der Waals surface area contributed by atoms with Crippen LogP contribution in [-0.4, -0.2) is 0 Å². The average Bonchev–Trinajstić information content (AvgIpc) is 3.73. The van der Waals surface area contributed by atoms with Gasteiger partial charge in [0.05, 0.1) is 0 Å². The van der Waals surface area contributed by atoms with E-state index >= 15 is 0 Å². The zero-order valence-corrected chi connectivity index (χ0v) is 27.3. The number of fused-ring (bicyclic) bond motifs is 7. The van der Waals surface area contributed by atoms with Gasteiger partial charge in [-0.3, -0.25) is 0 Å². The number of nitrogens with zero attached hydrogens (tertiary/aromatic N) is 1. The van der Waals surface area contributed by atoms with Crippen molar-refractivity contribution in [3.63, 3.8) is 0 Å². The van der Waals surface area contributed by atoms with Crippen LogP contribution in [0.2, 0.25) is 0 Å². The fourth-order valence-electron chi connectivity index (χ4n) is 7.30. The summed E-state index contributed by atoms with van der Waals surface area (Å²) in [4.78, 5) is 2.33. The summed E-state index contributed by atoms with van der Waals surface area (Å²) in [5.41, 5.74) is 9.80. The fourth-order valence-corrected chi connectivity index (χ4v) is 8.44. The summed E-state index contributed by atoms with van der Waals surface area (Å²) in [6, 6.07) is 63.3. The molecule has 3 heteroatoms. The quantitative estimate of drug-likeness (QED) is 0.186. The van der Waals surface area contributed by atoms with Crippen molar-refractivity contribution in [1.29, 1.82) is 0 Å². The van der Waals surface area contributed by atoms with Gasteiger partial charge in [-0.05, 0) is 87.6 Å². The highest BCUT2D eigenvalue weighted by Crippen LogP contribution is 2.42. The van der Waals surface area contributed by atoms with Crippen LogP contribution in [0, 0.1) is 0 Å². The van der Waals surface area contributed by atoms with Gasteiger partial charge in [0.2, 0.25) is 0 Å². The first-order chi connectivity index (χ1) is 24.3. The normalized spacial score (nSPS) is 11.7. The molecule has 0 saturated heterocycles. The van der Waals surface area contributed by atoms with E-state index < -0.39 is 0 Å². The summed E-state index contributed by atoms with van der Waals surface area (Å²) in [6.07, 6.45) is 0. The number of hydrogen-bond donors (Lipinski definition) is 0. The van der Waals surface area contributed by atoms with E-state index in [1.165, 1.54) is 53.2 Å². The van der Waals surface area contributed by atoms with Gasteiger partial charge in [0.15, 0.2) is 0 Å². The van der Waals surface area contributed by atoms with Crippen LogP contribution in [0.4, 0.5) is 17.1 Å². The number of hydrogen-bond acceptors (Lipinski definition) is 3. The minimum atomic E-state index is 0.877. The maximum absolute atomic E-state index is 6.37. The van der Waals surface area contributed by atoms with Gasteiger partial charge in [-0.15, -0.1) is 11.3 Å². The van der Waals surface area contributed by atoms with Crippen LogP contribution in [0.1, 0.15) is 0 Å². The van der Waals surface area contributed by atoms with Crippen LogP contribution < -0.4 is 4.90 Å². The maximum atomic E-state index is 6.37. The van der Waals surface area contributed by atoms with Gasteiger partial charge in [0.25, 0.3) is 0 Å². The molecule has 0 unspecified atom stereocenters. The Bertz CT molecular complexity index is 2840. The topological polar surface area (TPSA) is 16.4 Å². The van der Waals surface area contributed by atoms with Crippen molar-refractivity contribution in [2.75, 3.05) is 4.90 Å². The number of rotatable bonds is 5. The predicted molar refractivity (Wildman–Crippen MR) is 210 cm³/mol. The van der Waals surface area contributed by atoms with Crippen molar-refractivity contribution in [3.8, 4) is 22.3 Å². The van der Waals surface area contributed by atoms with Gasteiger partial charge >= 0.3 is 0 Å². The van der Waals surface area contributed by atoms with Crippen LogP contribution >= 0.6 is 11.3 Å². The first-order valence-corrected chi connectivity index (χ1v) is 17.4. The summed E-state index contributed by atoms with van der Waals surface area (Å²) in [5.74, 6) is 0. The molecule has 0 amide bonds. The second-order valence-corrected chi connectivity index (χ2v) is 13.6. The van der Waals surface area contributed by atoms with E-state index in [-0.39, 0.29) is 0 Å². The second kappa shape index (κ2) is 11.2. The second-order valence-electron chi connectivity index (χ2n) is 12.5. The number of para-hydroxylation sites is 1.